The van der Waals surface area contributed by atoms with Gasteiger partial charge < -0.3 is 19.4 Å². The predicted molar refractivity (Wildman–Crippen MR) is 114 cm³/mol. The molecule has 29 heavy (non-hydrogen) atoms. The molecule has 0 bridgehead atoms. The standard InChI is InChI=1S/C23H26N2O4/c1-5-15-6-11-21-18(12-15)20(26)13-22(29-21)23(27)24-14-19(25(2)3)16-7-9-17(28-4)10-8-16/h6-13,19H,5,14H2,1-4H3,(H,24,27)/t19-/m0/s1. The van der Waals surface area contributed by atoms with Crippen molar-refractivity contribution in [2.24, 2.45) is 0 Å². The van der Waals surface area contributed by atoms with Gasteiger partial charge in [-0.1, -0.05) is 25.1 Å². The number of rotatable bonds is 7. The average molecular weight is 394 g/mol. The number of nitrogens with one attached hydrogen (secondary N) is 1. The summed E-state index contributed by atoms with van der Waals surface area (Å²) in [4.78, 5) is 27.1. The van der Waals surface area contributed by atoms with Crippen molar-refractivity contribution in [3.63, 3.8) is 0 Å². The van der Waals surface area contributed by atoms with E-state index in [1.165, 1.54) is 6.07 Å². The first kappa shape index (κ1) is 20.6. The number of carbonyl (C=O) groups excluding carboxylic acids is 1. The number of nitrogens with zero attached hydrogens (tertiary/aromatic N) is 1. The number of carbonyl (C=O) groups is 1. The number of hydrogen-bond acceptors (Lipinski definition) is 5. The van der Waals surface area contributed by atoms with E-state index in [1.54, 1.807) is 13.2 Å². The minimum absolute atomic E-state index is 0.0129. The lowest BCUT2D eigenvalue weighted by Gasteiger charge is -2.25. The molecule has 152 valence electrons. The van der Waals surface area contributed by atoms with Crippen molar-refractivity contribution in [3.05, 3.63) is 75.6 Å². The maximum atomic E-state index is 12.6. The molecule has 0 fully saturated rings. The molecule has 3 rings (SSSR count). The van der Waals surface area contributed by atoms with Crippen molar-refractivity contribution in [2.45, 2.75) is 19.4 Å². The minimum atomic E-state index is -0.413. The highest BCUT2D eigenvalue weighted by atomic mass is 16.5. The molecular formula is C23H26N2O4. The lowest BCUT2D eigenvalue weighted by molar-refractivity contribution is 0.0914. The summed E-state index contributed by atoms with van der Waals surface area (Å²) in [5, 5.41) is 3.37. The summed E-state index contributed by atoms with van der Waals surface area (Å²) < 4.78 is 10.9. The first-order valence-corrected chi connectivity index (χ1v) is 9.58. The quantitative estimate of drug-likeness (QED) is 0.665. The van der Waals surface area contributed by atoms with Crippen LogP contribution >= 0.6 is 0 Å². The van der Waals surface area contributed by atoms with Crippen molar-refractivity contribution >= 4 is 16.9 Å². The van der Waals surface area contributed by atoms with Gasteiger partial charge in [0, 0.05) is 12.6 Å². The fourth-order valence-electron chi connectivity index (χ4n) is 3.24. The van der Waals surface area contributed by atoms with E-state index in [2.05, 4.69) is 5.32 Å². The van der Waals surface area contributed by atoms with Crippen molar-refractivity contribution in [1.82, 2.24) is 10.2 Å². The molecule has 0 saturated carbocycles. The first-order chi connectivity index (χ1) is 13.9. The van der Waals surface area contributed by atoms with Crippen LogP contribution in [-0.2, 0) is 6.42 Å². The number of benzene rings is 2. The van der Waals surface area contributed by atoms with Gasteiger partial charge in [0.25, 0.3) is 5.91 Å². The van der Waals surface area contributed by atoms with Crippen LogP contribution in [0.25, 0.3) is 11.0 Å². The maximum Gasteiger partial charge on any atom is 0.287 e. The van der Waals surface area contributed by atoms with Gasteiger partial charge in [0.15, 0.2) is 11.2 Å². The van der Waals surface area contributed by atoms with Gasteiger partial charge in [-0.05, 0) is 55.9 Å². The number of hydrogen-bond donors (Lipinski definition) is 1. The number of amides is 1. The summed E-state index contributed by atoms with van der Waals surface area (Å²) in [5.41, 5.74) is 2.30. The van der Waals surface area contributed by atoms with Gasteiger partial charge in [-0.3, -0.25) is 9.59 Å². The second-order valence-electron chi connectivity index (χ2n) is 7.12. The topological polar surface area (TPSA) is 71.8 Å². The second kappa shape index (κ2) is 8.92. The number of ether oxygens (including phenoxy) is 1. The third kappa shape index (κ3) is 4.66. The summed E-state index contributed by atoms with van der Waals surface area (Å²) in [6.07, 6.45) is 0.828. The Morgan fingerprint density at radius 2 is 1.86 bits per heavy atom. The van der Waals surface area contributed by atoms with E-state index in [0.29, 0.717) is 17.5 Å². The molecule has 1 aromatic heterocycles. The third-order valence-corrected chi connectivity index (χ3v) is 5.00. The summed E-state index contributed by atoms with van der Waals surface area (Å²) in [5.74, 6) is 0.377. The zero-order chi connectivity index (χ0) is 21.0. The minimum Gasteiger partial charge on any atom is -0.497 e. The van der Waals surface area contributed by atoms with Crippen LogP contribution in [0.3, 0.4) is 0 Å². The molecule has 1 atom stereocenters. The Morgan fingerprint density at radius 3 is 2.48 bits per heavy atom. The van der Waals surface area contributed by atoms with Gasteiger partial charge in [-0.25, -0.2) is 0 Å². The predicted octanol–water partition coefficient (Wildman–Crippen LogP) is 3.40. The van der Waals surface area contributed by atoms with E-state index < -0.39 is 5.91 Å². The fraction of sp³-hybridized carbons (Fsp3) is 0.304. The van der Waals surface area contributed by atoms with E-state index in [-0.39, 0.29) is 17.2 Å². The molecule has 1 N–H and O–H groups in total. The van der Waals surface area contributed by atoms with E-state index in [4.69, 9.17) is 9.15 Å². The van der Waals surface area contributed by atoms with Crippen LogP contribution in [0.15, 0.2) is 57.7 Å². The van der Waals surface area contributed by atoms with Crippen molar-refractivity contribution in [3.8, 4) is 5.75 Å². The van der Waals surface area contributed by atoms with Crippen LogP contribution in [0.2, 0.25) is 0 Å². The highest BCUT2D eigenvalue weighted by Gasteiger charge is 2.18. The Bertz CT molecular complexity index is 1050. The normalized spacial score (nSPS) is 12.2. The molecule has 0 spiro atoms. The zero-order valence-corrected chi connectivity index (χ0v) is 17.2. The Labute approximate surface area is 170 Å². The van der Waals surface area contributed by atoms with Crippen LogP contribution < -0.4 is 15.5 Å². The maximum absolute atomic E-state index is 12.6. The van der Waals surface area contributed by atoms with Gasteiger partial charge in [-0.2, -0.15) is 0 Å². The number of aryl methyl sites for hydroxylation is 1. The van der Waals surface area contributed by atoms with Crippen molar-refractivity contribution in [1.29, 1.82) is 0 Å². The lowest BCUT2D eigenvalue weighted by Crippen LogP contribution is -2.34. The molecule has 6 heteroatoms. The molecule has 6 nitrogen and oxygen atoms in total. The van der Waals surface area contributed by atoms with E-state index >= 15 is 0 Å². The smallest absolute Gasteiger partial charge is 0.287 e. The largest absolute Gasteiger partial charge is 0.497 e. The van der Waals surface area contributed by atoms with Gasteiger partial charge in [0.2, 0.25) is 0 Å². The number of methoxy groups -OCH3 is 1. The third-order valence-electron chi connectivity index (χ3n) is 5.00. The summed E-state index contributed by atoms with van der Waals surface area (Å²) in [6.45, 7) is 2.39. The molecule has 0 aliphatic heterocycles. The van der Waals surface area contributed by atoms with Crippen LogP contribution in [-0.4, -0.2) is 38.6 Å². The van der Waals surface area contributed by atoms with Crippen LogP contribution in [0.1, 0.15) is 34.6 Å². The van der Waals surface area contributed by atoms with Gasteiger partial charge in [0.1, 0.15) is 11.3 Å². The number of fused-ring (bicyclic) bond motifs is 1. The van der Waals surface area contributed by atoms with Crippen LogP contribution in [0.4, 0.5) is 0 Å². The first-order valence-electron chi connectivity index (χ1n) is 9.58. The molecule has 1 amide bonds. The fourth-order valence-corrected chi connectivity index (χ4v) is 3.24. The van der Waals surface area contributed by atoms with Gasteiger partial charge >= 0.3 is 0 Å². The Hall–Kier alpha value is -3.12. The molecule has 0 aliphatic carbocycles. The van der Waals surface area contributed by atoms with Gasteiger partial charge in [0.05, 0.1) is 18.5 Å². The van der Waals surface area contributed by atoms with Crippen LogP contribution in [0, 0.1) is 0 Å². The molecule has 0 saturated heterocycles. The molecule has 0 radical (unpaired) electrons. The van der Waals surface area contributed by atoms with Crippen LogP contribution in [0.5, 0.6) is 5.75 Å². The Kier molecular flexibility index (Phi) is 6.34. The SMILES string of the molecule is CCc1ccc2oc(C(=O)NC[C@@H](c3ccc(OC)cc3)N(C)C)cc(=O)c2c1. The molecule has 1 heterocycles. The summed E-state index contributed by atoms with van der Waals surface area (Å²) in [6, 6.07) is 14.4. The molecular weight excluding hydrogens is 368 g/mol. The monoisotopic (exact) mass is 394 g/mol. The summed E-state index contributed by atoms with van der Waals surface area (Å²) in [7, 11) is 5.52. The van der Waals surface area contributed by atoms with E-state index in [1.807, 2.05) is 62.3 Å². The van der Waals surface area contributed by atoms with Crippen molar-refractivity contribution in [2.75, 3.05) is 27.7 Å². The van der Waals surface area contributed by atoms with E-state index in [0.717, 1.165) is 23.3 Å². The number of likely N-dealkylation sites (N-methyl/N-ethyl adjacent to an activating group) is 1. The molecule has 0 unspecified atom stereocenters. The van der Waals surface area contributed by atoms with Gasteiger partial charge in [-0.15, -0.1) is 0 Å². The Morgan fingerprint density at radius 1 is 1.14 bits per heavy atom. The van der Waals surface area contributed by atoms with E-state index in [9.17, 15) is 9.59 Å². The molecule has 0 aliphatic rings. The Balaban J connectivity index is 1.78. The summed E-state index contributed by atoms with van der Waals surface area (Å²) >= 11 is 0. The zero-order valence-electron chi connectivity index (χ0n) is 17.2. The average Bonchev–Trinajstić information content (AvgIpc) is 2.73. The highest BCUT2D eigenvalue weighted by Crippen LogP contribution is 2.21. The molecule has 2 aromatic carbocycles. The highest BCUT2D eigenvalue weighted by molar-refractivity contribution is 5.93. The second-order valence-corrected chi connectivity index (χ2v) is 7.12. The van der Waals surface area contributed by atoms with Crippen molar-refractivity contribution < 1.29 is 13.9 Å². The lowest BCUT2D eigenvalue weighted by atomic mass is 10.1. The molecule has 3 aromatic rings.